The van der Waals surface area contributed by atoms with Crippen molar-refractivity contribution in [3.05, 3.63) is 66.2 Å². The highest BCUT2D eigenvalue weighted by Gasteiger charge is 2.24. The van der Waals surface area contributed by atoms with E-state index in [0.29, 0.717) is 5.92 Å². The second-order valence-corrected chi connectivity index (χ2v) is 6.29. The summed E-state index contributed by atoms with van der Waals surface area (Å²) in [5.41, 5.74) is 2.37. The fourth-order valence-electron chi connectivity index (χ4n) is 3.35. The van der Waals surface area contributed by atoms with Crippen LogP contribution in [0.2, 0.25) is 0 Å². The van der Waals surface area contributed by atoms with Gasteiger partial charge in [-0.3, -0.25) is 9.88 Å². The van der Waals surface area contributed by atoms with Crippen LogP contribution in [0.3, 0.4) is 0 Å². The number of hydrogen-bond acceptors (Lipinski definition) is 5. The highest BCUT2D eigenvalue weighted by atomic mass is 15.5. The fourth-order valence-corrected chi connectivity index (χ4v) is 3.35. The number of hydrogen-bond donors (Lipinski definition) is 0. The summed E-state index contributed by atoms with van der Waals surface area (Å²) in [7, 11) is 0. The predicted molar refractivity (Wildman–Crippen MR) is 90.5 cm³/mol. The molecular weight excluding hydrogens is 300 g/mol. The highest BCUT2D eigenvalue weighted by molar-refractivity contribution is 5.30. The van der Waals surface area contributed by atoms with Gasteiger partial charge in [0.1, 0.15) is 0 Å². The van der Waals surface area contributed by atoms with Crippen LogP contribution in [0.4, 0.5) is 0 Å². The van der Waals surface area contributed by atoms with E-state index in [1.807, 2.05) is 47.4 Å². The van der Waals surface area contributed by atoms with Gasteiger partial charge >= 0.3 is 0 Å². The van der Waals surface area contributed by atoms with Crippen LogP contribution >= 0.6 is 0 Å². The molecule has 3 aromatic rings. The van der Waals surface area contributed by atoms with Crippen molar-refractivity contribution >= 4 is 0 Å². The van der Waals surface area contributed by atoms with Crippen LogP contribution in [-0.4, -0.2) is 43.2 Å². The molecule has 2 aromatic heterocycles. The van der Waals surface area contributed by atoms with Crippen molar-refractivity contribution in [2.75, 3.05) is 13.1 Å². The van der Waals surface area contributed by atoms with Crippen molar-refractivity contribution in [2.24, 2.45) is 5.92 Å². The fraction of sp³-hybridized carbons (Fsp3) is 0.333. The number of nitrogens with zero attached hydrogens (tertiary/aromatic N) is 6. The lowest BCUT2D eigenvalue weighted by atomic mass is 10.00. The molecule has 1 unspecified atom stereocenters. The molecule has 0 N–H and O–H groups in total. The van der Waals surface area contributed by atoms with Crippen LogP contribution in [0.1, 0.15) is 17.8 Å². The zero-order valence-corrected chi connectivity index (χ0v) is 13.5. The molecule has 0 amide bonds. The summed E-state index contributed by atoms with van der Waals surface area (Å²) in [5.74, 6) is 1.58. The van der Waals surface area contributed by atoms with E-state index >= 15 is 0 Å². The van der Waals surface area contributed by atoms with E-state index in [9.17, 15) is 0 Å². The van der Waals surface area contributed by atoms with E-state index < -0.39 is 0 Å². The van der Waals surface area contributed by atoms with Gasteiger partial charge in [0.25, 0.3) is 0 Å². The van der Waals surface area contributed by atoms with Gasteiger partial charge in [0.15, 0.2) is 5.82 Å². The van der Waals surface area contributed by atoms with Crippen molar-refractivity contribution < 1.29 is 0 Å². The molecule has 0 spiro atoms. The minimum Gasteiger partial charge on any atom is -0.296 e. The van der Waals surface area contributed by atoms with Gasteiger partial charge in [0.05, 0.1) is 12.2 Å². The Balaban J connectivity index is 1.40. The molecule has 1 saturated heterocycles. The molecule has 1 fully saturated rings. The van der Waals surface area contributed by atoms with E-state index in [1.54, 1.807) is 0 Å². The molecule has 0 saturated carbocycles. The lowest BCUT2D eigenvalue weighted by Gasteiger charge is -2.15. The summed E-state index contributed by atoms with van der Waals surface area (Å²) in [6.45, 7) is 2.97. The summed E-state index contributed by atoms with van der Waals surface area (Å²) in [4.78, 5) is 6.53. The van der Waals surface area contributed by atoms with Gasteiger partial charge in [0, 0.05) is 18.9 Å². The smallest absolute Gasteiger partial charge is 0.170 e. The van der Waals surface area contributed by atoms with Crippen LogP contribution < -0.4 is 0 Å². The normalized spacial score (nSPS) is 18.1. The zero-order valence-electron chi connectivity index (χ0n) is 13.5. The first-order valence-electron chi connectivity index (χ1n) is 8.32. The lowest BCUT2D eigenvalue weighted by Crippen LogP contribution is -2.23. The number of rotatable bonds is 5. The molecule has 0 aliphatic carbocycles. The standard InChI is InChI=1S/C18H20N6/c1-2-4-17(5-3-1)24-18(20-21-22-24)14-23-11-8-16(13-23)12-15-6-9-19-10-7-15/h1-7,9-10,16H,8,11-14H2. The van der Waals surface area contributed by atoms with E-state index in [2.05, 4.69) is 37.5 Å². The Bertz CT molecular complexity index is 770. The van der Waals surface area contributed by atoms with Crippen LogP contribution in [0.25, 0.3) is 5.69 Å². The molecule has 1 aliphatic heterocycles. The third-order valence-electron chi connectivity index (χ3n) is 4.54. The maximum Gasteiger partial charge on any atom is 0.170 e. The Morgan fingerprint density at radius 1 is 1.04 bits per heavy atom. The average molecular weight is 320 g/mol. The molecule has 1 aromatic carbocycles. The van der Waals surface area contributed by atoms with Gasteiger partial charge in [-0.05, 0) is 65.6 Å². The molecule has 122 valence electrons. The van der Waals surface area contributed by atoms with Crippen LogP contribution in [0.15, 0.2) is 54.9 Å². The predicted octanol–water partition coefficient (Wildman–Crippen LogP) is 2.12. The van der Waals surface area contributed by atoms with Crippen LogP contribution in [0.5, 0.6) is 0 Å². The van der Waals surface area contributed by atoms with Crippen molar-refractivity contribution in [1.82, 2.24) is 30.1 Å². The summed E-state index contributed by atoms with van der Waals surface area (Å²) < 4.78 is 1.83. The van der Waals surface area contributed by atoms with Gasteiger partial charge < -0.3 is 0 Å². The highest BCUT2D eigenvalue weighted by Crippen LogP contribution is 2.22. The molecule has 4 rings (SSSR count). The summed E-state index contributed by atoms with van der Waals surface area (Å²) in [5, 5.41) is 12.2. The molecule has 1 atom stereocenters. The van der Waals surface area contributed by atoms with Crippen molar-refractivity contribution in [3.8, 4) is 5.69 Å². The monoisotopic (exact) mass is 320 g/mol. The van der Waals surface area contributed by atoms with Crippen molar-refractivity contribution in [1.29, 1.82) is 0 Å². The van der Waals surface area contributed by atoms with E-state index in [4.69, 9.17) is 0 Å². The van der Waals surface area contributed by atoms with Gasteiger partial charge in [-0.15, -0.1) is 5.10 Å². The van der Waals surface area contributed by atoms with Crippen LogP contribution in [0, 0.1) is 5.92 Å². The molecule has 24 heavy (non-hydrogen) atoms. The molecular formula is C18H20N6. The van der Waals surface area contributed by atoms with E-state index in [1.165, 1.54) is 12.0 Å². The summed E-state index contributed by atoms with van der Waals surface area (Å²) >= 11 is 0. The number of likely N-dealkylation sites (tertiary alicyclic amines) is 1. The minimum atomic E-state index is 0.688. The molecule has 0 bridgehead atoms. The number of para-hydroxylation sites is 1. The molecule has 6 nitrogen and oxygen atoms in total. The SMILES string of the molecule is c1ccc(-n2nnnc2CN2CCC(Cc3ccncc3)C2)cc1. The average Bonchev–Trinajstić information content (AvgIpc) is 3.27. The number of aromatic nitrogens is 5. The Labute approximate surface area is 141 Å². The van der Waals surface area contributed by atoms with Gasteiger partial charge in [0.2, 0.25) is 0 Å². The van der Waals surface area contributed by atoms with Crippen molar-refractivity contribution in [3.63, 3.8) is 0 Å². The Hall–Kier alpha value is -2.60. The molecule has 1 aliphatic rings. The quantitative estimate of drug-likeness (QED) is 0.721. The summed E-state index contributed by atoms with van der Waals surface area (Å²) in [6.07, 6.45) is 6.07. The van der Waals surface area contributed by atoms with Gasteiger partial charge in [-0.25, -0.2) is 0 Å². The number of pyridine rings is 1. The number of tetrazole rings is 1. The van der Waals surface area contributed by atoms with E-state index in [-0.39, 0.29) is 0 Å². The minimum absolute atomic E-state index is 0.688. The summed E-state index contributed by atoms with van der Waals surface area (Å²) in [6, 6.07) is 14.3. The lowest BCUT2D eigenvalue weighted by molar-refractivity contribution is 0.305. The number of benzene rings is 1. The molecule has 6 heteroatoms. The third-order valence-corrected chi connectivity index (χ3v) is 4.54. The third kappa shape index (κ3) is 3.33. The topological polar surface area (TPSA) is 59.7 Å². The van der Waals surface area contributed by atoms with Crippen molar-refractivity contribution in [2.45, 2.75) is 19.4 Å². The van der Waals surface area contributed by atoms with E-state index in [0.717, 1.165) is 37.6 Å². The Morgan fingerprint density at radius 2 is 1.88 bits per heavy atom. The maximum atomic E-state index is 4.22. The second kappa shape index (κ2) is 6.88. The Morgan fingerprint density at radius 3 is 2.71 bits per heavy atom. The van der Waals surface area contributed by atoms with Gasteiger partial charge in [-0.2, -0.15) is 4.68 Å². The second-order valence-electron chi connectivity index (χ2n) is 6.29. The first kappa shape index (κ1) is 15.0. The largest absolute Gasteiger partial charge is 0.296 e. The molecule has 3 heterocycles. The molecule has 0 radical (unpaired) electrons. The zero-order chi connectivity index (χ0) is 16.2. The van der Waals surface area contributed by atoms with Crippen LogP contribution in [-0.2, 0) is 13.0 Å². The Kier molecular flexibility index (Phi) is 4.29. The first-order valence-corrected chi connectivity index (χ1v) is 8.32. The maximum absolute atomic E-state index is 4.22. The first-order chi connectivity index (χ1) is 11.9. The van der Waals surface area contributed by atoms with Gasteiger partial charge in [-0.1, -0.05) is 18.2 Å².